The molecule has 1 amide bonds. The lowest BCUT2D eigenvalue weighted by Gasteiger charge is -2.26. The first-order valence-electron chi connectivity index (χ1n) is 7.24. The number of nitrogens with zero attached hydrogens (tertiary/aromatic N) is 4. The number of amides is 1. The number of morpholine rings is 1. The summed E-state index contributed by atoms with van der Waals surface area (Å²) in [5.41, 5.74) is 0.385. The zero-order chi connectivity index (χ0) is 15.1. The Morgan fingerprint density at radius 1 is 1.33 bits per heavy atom. The first-order chi connectivity index (χ1) is 10.2. The standard InChI is InChI=1S/C14H23N5O2/c1-18(2)5-3-4-15-13-11-16-12(10-17-13)14(20)19-6-8-21-9-7-19/h10-11H,3-9H2,1-2H3,(H,15,17). The van der Waals surface area contributed by atoms with Gasteiger partial charge in [0, 0.05) is 19.6 Å². The second-order valence-corrected chi connectivity index (χ2v) is 5.28. The Bertz CT molecular complexity index is 443. The molecule has 0 aliphatic carbocycles. The molecule has 0 bridgehead atoms. The summed E-state index contributed by atoms with van der Waals surface area (Å²) in [5, 5.41) is 3.20. The third kappa shape index (κ3) is 4.95. The zero-order valence-electron chi connectivity index (χ0n) is 12.7. The lowest BCUT2D eigenvalue weighted by molar-refractivity contribution is 0.0298. The second-order valence-electron chi connectivity index (χ2n) is 5.28. The smallest absolute Gasteiger partial charge is 0.274 e. The summed E-state index contributed by atoms with van der Waals surface area (Å²) in [6, 6.07) is 0. The van der Waals surface area contributed by atoms with Gasteiger partial charge >= 0.3 is 0 Å². The average Bonchev–Trinajstić information content (AvgIpc) is 2.52. The molecule has 0 aromatic carbocycles. The minimum atomic E-state index is -0.0787. The summed E-state index contributed by atoms with van der Waals surface area (Å²) < 4.78 is 5.23. The molecule has 1 aliphatic heterocycles. The zero-order valence-corrected chi connectivity index (χ0v) is 12.7. The molecule has 2 rings (SSSR count). The normalized spacial score (nSPS) is 15.3. The molecule has 1 aromatic rings. The molecule has 0 unspecified atom stereocenters. The van der Waals surface area contributed by atoms with Crippen LogP contribution in [0.25, 0.3) is 0 Å². The molecule has 1 N–H and O–H groups in total. The number of rotatable bonds is 6. The number of aromatic nitrogens is 2. The Hall–Kier alpha value is -1.73. The fourth-order valence-corrected chi connectivity index (χ4v) is 2.07. The van der Waals surface area contributed by atoms with Crippen LogP contribution in [-0.2, 0) is 4.74 Å². The molecule has 1 saturated heterocycles. The molecule has 7 heteroatoms. The van der Waals surface area contributed by atoms with Crippen molar-refractivity contribution in [3.63, 3.8) is 0 Å². The summed E-state index contributed by atoms with van der Waals surface area (Å²) in [4.78, 5) is 24.5. The van der Waals surface area contributed by atoms with E-state index in [0.717, 1.165) is 19.5 Å². The van der Waals surface area contributed by atoms with E-state index in [1.807, 2.05) is 14.1 Å². The lowest BCUT2D eigenvalue weighted by atomic mass is 10.3. The Labute approximate surface area is 125 Å². The van der Waals surface area contributed by atoms with Crippen LogP contribution >= 0.6 is 0 Å². The fourth-order valence-electron chi connectivity index (χ4n) is 2.07. The van der Waals surface area contributed by atoms with Gasteiger partial charge in [-0.15, -0.1) is 0 Å². The molecule has 1 fully saturated rings. The first kappa shape index (κ1) is 15.7. The summed E-state index contributed by atoms with van der Waals surface area (Å²) in [6.45, 7) is 4.27. The van der Waals surface area contributed by atoms with E-state index >= 15 is 0 Å². The lowest BCUT2D eigenvalue weighted by Crippen LogP contribution is -2.41. The highest BCUT2D eigenvalue weighted by Crippen LogP contribution is 2.06. The quantitative estimate of drug-likeness (QED) is 0.761. The van der Waals surface area contributed by atoms with Crippen molar-refractivity contribution in [2.45, 2.75) is 6.42 Å². The van der Waals surface area contributed by atoms with Gasteiger partial charge < -0.3 is 19.9 Å². The van der Waals surface area contributed by atoms with E-state index in [9.17, 15) is 4.79 Å². The number of hydrogen-bond donors (Lipinski definition) is 1. The van der Waals surface area contributed by atoms with Crippen LogP contribution in [0, 0.1) is 0 Å². The Kier molecular flexibility index (Phi) is 5.89. The number of carbonyl (C=O) groups is 1. The fraction of sp³-hybridized carbons (Fsp3) is 0.643. The van der Waals surface area contributed by atoms with Gasteiger partial charge in [0.05, 0.1) is 25.6 Å². The number of nitrogens with one attached hydrogen (secondary N) is 1. The number of anilines is 1. The molecule has 1 aliphatic rings. The molecule has 116 valence electrons. The van der Waals surface area contributed by atoms with E-state index in [1.165, 1.54) is 6.20 Å². The molecule has 1 aromatic heterocycles. The van der Waals surface area contributed by atoms with Crippen LogP contribution in [0.15, 0.2) is 12.4 Å². The van der Waals surface area contributed by atoms with Gasteiger partial charge in [0.15, 0.2) is 0 Å². The SMILES string of the molecule is CN(C)CCCNc1cnc(C(=O)N2CCOCC2)cn1. The monoisotopic (exact) mass is 293 g/mol. The Morgan fingerprint density at radius 2 is 2.10 bits per heavy atom. The van der Waals surface area contributed by atoms with E-state index in [4.69, 9.17) is 4.74 Å². The van der Waals surface area contributed by atoms with E-state index in [0.29, 0.717) is 37.8 Å². The van der Waals surface area contributed by atoms with Crippen LogP contribution < -0.4 is 5.32 Å². The van der Waals surface area contributed by atoms with Crippen molar-refractivity contribution >= 4 is 11.7 Å². The summed E-state index contributed by atoms with van der Waals surface area (Å²) in [6.07, 6.45) is 4.18. The molecule has 0 atom stereocenters. The largest absolute Gasteiger partial charge is 0.378 e. The van der Waals surface area contributed by atoms with Crippen LogP contribution in [-0.4, -0.2) is 79.2 Å². The molecule has 7 nitrogen and oxygen atoms in total. The van der Waals surface area contributed by atoms with Crippen molar-refractivity contribution in [1.29, 1.82) is 0 Å². The average molecular weight is 293 g/mol. The topological polar surface area (TPSA) is 70.6 Å². The van der Waals surface area contributed by atoms with Crippen molar-refractivity contribution in [2.24, 2.45) is 0 Å². The van der Waals surface area contributed by atoms with Crippen molar-refractivity contribution in [2.75, 3.05) is 58.8 Å². The van der Waals surface area contributed by atoms with E-state index in [2.05, 4.69) is 20.2 Å². The van der Waals surface area contributed by atoms with Crippen molar-refractivity contribution in [3.8, 4) is 0 Å². The highest BCUT2D eigenvalue weighted by atomic mass is 16.5. The van der Waals surface area contributed by atoms with Crippen LogP contribution in [0.3, 0.4) is 0 Å². The summed E-state index contributed by atoms with van der Waals surface area (Å²) >= 11 is 0. The van der Waals surface area contributed by atoms with Crippen LogP contribution in [0.2, 0.25) is 0 Å². The maximum Gasteiger partial charge on any atom is 0.274 e. The van der Waals surface area contributed by atoms with E-state index < -0.39 is 0 Å². The number of carbonyl (C=O) groups excluding carboxylic acids is 1. The summed E-state index contributed by atoms with van der Waals surface area (Å²) in [7, 11) is 4.09. The molecular weight excluding hydrogens is 270 g/mol. The van der Waals surface area contributed by atoms with Crippen LogP contribution in [0.1, 0.15) is 16.9 Å². The second kappa shape index (κ2) is 7.90. The Morgan fingerprint density at radius 3 is 2.71 bits per heavy atom. The summed E-state index contributed by atoms with van der Waals surface area (Å²) in [5.74, 6) is 0.622. The predicted octanol–water partition coefficient (Wildman–Crippen LogP) is 0.313. The third-order valence-corrected chi connectivity index (χ3v) is 3.26. The van der Waals surface area contributed by atoms with Crippen molar-refractivity contribution in [3.05, 3.63) is 18.1 Å². The highest BCUT2D eigenvalue weighted by molar-refractivity contribution is 5.92. The number of ether oxygens (including phenoxy) is 1. The third-order valence-electron chi connectivity index (χ3n) is 3.26. The van der Waals surface area contributed by atoms with Crippen molar-refractivity contribution in [1.82, 2.24) is 19.8 Å². The van der Waals surface area contributed by atoms with Gasteiger partial charge in [-0.1, -0.05) is 0 Å². The highest BCUT2D eigenvalue weighted by Gasteiger charge is 2.19. The first-order valence-corrected chi connectivity index (χ1v) is 7.24. The van der Waals surface area contributed by atoms with Gasteiger partial charge in [0.25, 0.3) is 5.91 Å². The van der Waals surface area contributed by atoms with E-state index in [-0.39, 0.29) is 5.91 Å². The maximum atomic E-state index is 12.2. The maximum absolute atomic E-state index is 12.2. The van der Waals surface area contributed by atoms with Gasteiger partial charge in [-0.05, 0) is 27.1 Å². The molecule has 0 radical (unpaired) electrons. The van der Waals surface area contributed by atoms with Gasteiger partial charge in [0.1, 0.15) is 11.5 Å². The molecule has 2 heterocycles. The van der Waals surface area contributed by atoms with Gasteiger partial charge in [-0.25, -0.2) is 9.97 Å². The Balaban J connectivity index is 1.82. The van der Waals surface area contributed by atoms with Gasteiger partial charge in [-0.3, -0.25) is 4.79 Å². The van der Waals surface area contributed by atoms with Crippen molar-refractivity contribution < 1.29 is 9.53 Å². The minimum absolute atomic E-state index is 0.0787. The van der Waals surface area contributed by atoms with Gasteiger partial charge in [0.2, 0.25) is 0 Å². The minimum Gasteiger partial charge on any atom is -0.378 e. The van der Waals surface area contributed by atoms with E-state index in [1.54, 1.807) is 11.1 Å². The van der Waals surface area contributed by atoms with Crippen LogP contribution in [0.4, 0.5) is 5.82 Å². The number of hydrogen-bond acceptors (Lipinski definition) is 6. The molecular formula is C14H23N5O2. The molecule has 0 spiro atoms. The molecule has 21 heavy (non-hydrogen) atoms. The molecule has 0 saturated carbocycles. The predicted molar refractivity (Wildman–Crippen MR) is 80.4 cm³/mol. The van der Waals surface area contributed by atoms with Gasteiger partial charge in [-0.2, -0.15) is 0 Å². The van der Waals surface area contributed by atoms with Crippen LogP contribution in [0.5, 0.6) is 0 Å².